The Kier molecular flexibility index (Phi) is 11.3. The van der Waals surface area contributed by atoms with Crippen LogP contribution in [0.1, 0.15) is 69.9 Å². The number of hydrogen-bond acceptors (Lipinski definition) is 2. The van der Waals surface area contributed by atoms with Crippen molar-refractivity contribution in [2.75, 3.05) is 18.5 Å². The van der Waals surface area contributed by atoms with Crippen LogP contribution in [0, 0.1) is 6.92 Å². The molecule has 0 unspecified atom stereocenters. The fraction of sp³-hybridized carbons (Fsp3) is 0.500. The second kappa shape index (κ2) is 14.0. The molecule has 0 atom stereocenters. The van der Waals surface area contributed by atoms with Crippen LogP contribution < -0.4 is 10.1 Å². The standard InChI is InChI=1S/C26H37ClN2O2/c1-4-6-8-9-10-17-29(26(30)28-25-16-13-23(27)19-21(25)3)20-22-11-14-24(15-12-22)31-18-7-5-2/h11-16,19H,4-10,17-18,20H2,1-3H3,(H,28,30). The maximum atomic E-state index is 13.1. The van der Waals surface area contributed by atoms with Crippen LogP contribution in [0.5, 0.6) is 5.75 Å². The maximum absolute atomic E-state index is 13.1. The second-order valence-electron chi connectivity index (χ2n) is 8.07. The highest BCUT2D eigenvalue weighted by molar-refractivity contribution is 6.30. The zero-order valence-corrected chi connectivity index (χ0v) is 20.0. The average molecular weight is 445 g/mol. The van der Waals surface area contributed by atoms with Gasteiger partial charge in [-0.1, -0.05) is 69.7 Å². The van der Waals surface area contributed by atoms with Crippen LogP contribution in [-0.4, -0.2) is 24.1 Å². The van der Waals surface area contributed by atoms with Crippen molar-refractivity contribution in [3.05, 3.63) is 58.6 Å². The summed E-state index contributed by atoms with van der Waals surface area (Å²) < 4.78 is 5.75. The first-order valence-corrected chi connectivity index (χ1v) is 11.9. The van der Waals surface area contributed by atoms with E-state index in [0.717, 1.165) is 61.4 Å². The number of amides is 2. The Balaban J connectivity index is 2.01. The fourth-order valence-corrected chi connectivity index (χ4v) is 3.59. The number of halogens is 1. The molecular weight excluding hydrogens is 408 g/mol. The van der Waals surface area contributed by atoms with Crippen LogP contribution in [0.3, 0.4) is 0 Å². The van der Waals surface area contributed by atoms with E-state index in [4.69, 9.17) is 16.3 Å². The third kappa shape index (κ3) is 9.22. The summed E-state index contributed by atoms with van der Waals surface area (Å²) in [5.74, 6) is 0.879. The van der Waals surface area contributed by atoms with Crippen LogP contribution in [0.4, 0.5) is 10.5 Å². The number of nitrogens with zero attached hydrogens (tertiary/aromatic N) is 1. The molecule has 2 aromatic rings. The molecule has 4 nitrogen and oxygen atoms in total. The van der Waals surface area contributed by atoms with E-state index in [1.807, 2.05) is 48.2 Å². The van der Waals surface area contributed by atoms with Crippen LogP contribution in [-0.2, 0) is 6.54 Å². The molecule has 2 aromatic carbocycles. The summed E-state index contributed by atoms with van der Waals surface area (Å²) in [5, 5.41) is 3.73. The van der Waals surface area contributed by atoms with Gasteiger partial charge in [0.05, 0.1) is 6.61 Å². The first-order chi connectivity index (χ1) is 15.0. The number of unbranched alkanes of at least 4 members (excludes halogenated alkanes) is 5. The first-order valence-electron chi connectivity index (χ1n) is 11.6. The van der Waals surface area contributed by atoms with Crippen molar-refractivity contribution in [3.8, 4) is 5.75 Å². The summed E-state index contributed by atoms with van der Waals surface area (Å²) >= 11 is 6.05. The highest BCUT2D eigenvalue weighted by Gasteiger charge is 2.15. The highest BCUT2D eigenvalue weighted by Crippen LogP contribution is 2.21. The fourth-order valence-electron chi connectivity index (χ4n) is 3.37. The average Bonchev–Trinajstić information content (AvgIpc) is 2.76. The van der Waals surface area contributed by atoms with E-state index in [1.165, 1.54) is 19.3 Å². The topological polar surface area (TPSA) is 41.6 Å². The Morgan fingerprint density at radius 2 is 1.68 bits per heavy atom. The van der Waals surface area contributed by atoms with Crippen molar-refractivity contribution in [3.63, 3.8) is 0 Å². The number of ether oxygens (including phenoxy) is 1. The van der Waals surface area contributed by atoms with Gasteiger partial charge in [0.25, 0.3) is 0 Å². The molecule has 2 amide bonds. The normalized spacial score (nSPS) is 10.7. The van der Waals surface area contributed by atoms with E-state index in [0.29, 0.717) is 11.6 Å². The zero-order chi connectivity index (χ0) is 22.5. The van der Waals surface area contributed by atoms with Gasteiger partial charge < -0.3 is 15.0 Å². The van der Waals surface area contributed by atoms with Gasteiger partial charge in [0, 0.05) is 23.8 Å². The van der Waals surface area contributed by atoms with E-state index in [9.17, 15) is 4.79 Å². The van der Waals surface area contributed by atoms with Gasteiger partial charge in [-0.3, -0.25) is 0 Å². The molecule has 0 heterocycles. The summed E-state index contributed by atoms with van der Waals surface area (Å²) in [4.78, 5) is 15.0. The number of hydrogen-bond donors (Lipinski definition) is 1. The Morgan fingerprint density at radius 1 is 0.968 bits per heavy atom. The Morgan fingerprint density at radius 3 is 2.35 bits per heavy atom. The van der Waals surface area contributed by atoms with E-state index < -0.39 is 0 Å². The largest absolute Gasteiger partial charge is 0.494 e. The molecule has 0 fully saturated rings. The molecule has 1 N–H and O–H groups in total. The van der Waals surface area contributed by atoms with Gasteiger partial charge in [-0.2, -0.15) is 0 Å². The van der Waals surface area contributed by atoms with Crippen LogP contribution in [0.15, 0.2) is 42.5 Å². The number of carbonyl (C=O) groups is 1. The van der Waals surface area contributed by atoms with E-state index in [-0.39, 0.29) is 6.03 Å². The molecule has 0 aromatic heterocycles. The van der Waals surface area contributed by atoms with Gasteiger partial charge in [0.1, 0.15) is 5.75 Å². The minimum absolute atomic E-state index is 0.0795. The molecule has 0 spiro atoms. The van der Waals surface area contributed by atoms with Crippen molar-refractivity contribution >= 4 is 23.3 Å². The molecule has 31 heavy (non-hydrogen) atoms. The van der Waals surface area contributed by atoms with Crippen molar-refractivity contribution in [2.45, 2.75) is 72.3 Å². The van der Waals surface area contributed by atoms with Crippen molar-refractivity contribution < 1.29 is 9.53 Å². The van der Waals surface area contributed by atoms with E-state index in [2.05, 4.69) is 19.2 Å². The van der Waals surface area contributed by atoms with Crippen LogP contribution >= 0.6 is 11.6 Å². The third-order valence-corrected chi connectivity index (χ3v) is 5.55. The lowest BCUT2D eigenvalue weighted by Gasteiger charge is -2.24. The minimum atomic E-state index is -0.0795. The Labute approximate surface area is 192 Å². The molecule has 0 aliphatic rings. The van der Waals surface area contributed by atoms with Crippen molar-refractivity contribution in [1.29, 1.82) is 0 Å². The third-order valence-electron chi connectivity index (χ3n) is 5.31. The maximum Gasteiger partial charge on any atom is 0.322 e. The molecule has 0 saturated heterocycles. The van der Waals surface area contributed by atoms with Crippen molar-refractivity contribution in [2.24, 2.45) is 0 Å². The van der Waals surface area contributed by atoms with Gasteiger partial charge in [-0.05, 0) is 61.2 Å². The molecule has 170 valence electrons. The number of nitrogens with one attached hydrogen (secondary N) is 1. The lowest BCUT2D eigenvalue weighted by atomic mass is 10.1. The highest BCUT2D eigenvalue weighted by atomic mass is 35.5. The number of anilines is 1. The van der Waals surface area contributed by atoms with Gasteiger partial charge in [-0.25, -0.2) is 4.79 Å². The van der Waals surface area contributed by atoms with Crippen LogP contribution in [0.25, 0.3) is 0 Å². The number of rotatable bonds is 13. The minimum Gasteiger partial charge on any atom is -0.494 e. The Bertz CT molecular complexity index is 792. The van der Waals surface area contributed by atoms with Crippen LogP contribution in [0.2, 0.25) is 5.02 Å². The molecular formula is C26H37ClN2O2. The summed E-state index contributed by atoms with van der Waals surface area (Å²) in [6.07, 6.45) is 7.99. The number of carbonyl (C=O) groups excluding carboxylic acids is 1. The number of aryl methyl sites for hydroxylation is 1. The van der Waals surface area contributed by atoms with Gasteiger partial charge in [0.2, 0.25) is 0 Å². The zero-order valence-electron chi connectivity index (χ0n) is 19.3. The lowest BCUT2D eigenvalue weighted by Crippen LogP contribution is -2.35. The summed E-state index contributed by atoms with van der Waals surface area (Å²) in [5.41, 5.74) is 2.85. The predicted octanol–water partition coefficient (Wildman–Crippen LogP) is 7.83. The summed E-state index contributed by atoms with van der Waals surface area (Å²) in [7, 11) is 0. The smallest absolute Gasteiger partial charge is 0.322 e. The quantitative estimate of drug-likeness (QED) is 0.320. The predicted molar refractivity (Wildman–Crippen MR) is 131 cm³/mol. The Hall–Kier alpha value is -2.20. The molecule has 0 bridgehead atoms. The molecule has 2 rings (SSSR count). The molecule has 5 heteroatoms. The van der Waals surface area contributed by atoms with Gasteiger partial charge >= 0.3 is 6.03 Å². The second-order valence-corrected chi connectivity index (χ2v) is 8.51. The van der Waals surface area contributed by atoms with E-state index in [1.54, 1.807) is 6.07 Å². The monoisotopic (exact) mass is 444 g/mol. The number of benzene rings is 2. The lowest BCUT2D eigenvalue weighted by molar-refractivity contribution is 0.207. The molecule has 0 aliphatic carbocycles. The summed E-state index contributed by atoms with van der Waals surface area (Å²) in [6, 6.07) is 13.5. The van der Waals surface area contributed by atoms with E-state index >= 15 is 0 Å². The summed E-state index contributed by atoms with van der Waals surface area (Å²) in [6.45, 7) is 8.36. The van der Waals surface area contributed by atoms with Gasteiger partial charge in [0.15, 0.2) is 0 Å². The molecule has 0 radical (unpaired) electrons. The van der Waals surface area contributed by atoms with Crippen molar-refractivity contribution in [1.82, 2.24) is 4.90 Å². The van der Waals surface area contributed by atoms with Gasteiger partial charge in [-0.15, -0.1) is 0 Å². The number of urea groups is 1. The molecule has 0 saturated carbocycles. The molecule has 0 aliphatic heterocycles. The first kappa shape index (κ1) is 25.1. The SMILES string of the molecule is CCCCCCCN(Cc1ccc(OCCCC)cc1)C(=O)Nc1ccc(Cl)cc1C.